The first-order valence-electron chi connectivity index (χ1n) is 7.72. The van der Waals surface area contributed by atoms with E-state index in [0.29, 0.717) is 17.0 Å². The van der Waals surface area contributed by atoms with Crippen LogP contribution in [0, 0.1) is 5.92 Å². The Kier molecular flexibility index (Phi) is 4.13. The number of hydrogen-bond acceptors (Lipinski definition) is 3. The summed E-state index contributed by atoms with van der Waals surface area (Å²) >= 11 is 0. The molecule has 4 heteroatoms. The second kappa shape index (κ2) is 6.24. The maximum absolute atomic E-state index is 13.0. The molecule has 1 amide bonds. The van der Waals surface area contributed by atoms with Crippen LogP contribution in [-0.2, 0) is 14.4 Å². The largest absolute Gasteiger partial charge is 0.299 e. The van der Waals surface area contributed by atoms with E-state index in [0.717, 1.165) is 5.56 Å². The van der Waals surface area contributed by atoms with Crippen LogP contribution in [0.1, 0.15) is 19.4 Å². The number of amides is 1. The summed E-state index contributed by atoms with van der Waals surface area (Å²) in [6, 6.07) is 18.4. The van der Waals surface area contributed by atoms with E-state index in [1.807, 2.05) is 48.5 Å². The highest BCUT2D eigenvalue weighted by molar-refractivity contribution is 6.34. The minimum atomic E-state index is -1.27. The van der Waals surface area contributed by atoms with Crippen molar-refractivity contribution in [3.8, 4) is 0 Å². The highest BCUT2D eigenvalue weighted by Gasteiger charge is 2.43. The molecule has 0 aliphatic carbocycles. The lowest BCUT2D eigenvalue weighted by atomic mass is 9.86. The average molecular weight is 319 g/mol. The SMILES string of the molecule is CC(=O)C1C(=O)C(C)=C(c2ccccc2)N(c2ccccc2)C1=O. The Balaban J connectivity index is 2.26. The van der Waals surface area contributed by atoms with Crippen LogP contribution in [0.4, 0.5) is 5.69 Å². The van der Waals surface area contributed by atoms with Gasteiger partial charge in [0.1, 0.15) is 5.78 Å². The molecule has 0 N–H and O–H groups in total. The van der Waals surface area contributed by atoms with E-state index in [-0.39, 0.29) is 0 Å². The first-order chi connectivity index (χ1) is 11.5. The van der Waals surface area contributed by atoms with Crippen LogP contribution < -0.4 is 4.90 Å². The molecule has 120 valence electrons. The molecule has 24 heavy (non-hydrogen) atoms. The molecule has 3 rings (SSSR count). The monoisotopic (exact) mass is 319 g/mol. The van der Waals surface area contributed by atoms with Crippen molar-refractivity contribution in [2.24, 2.45) is 5.92 Å². The van der Waals surface area contributed by atoms with Gasteiger partial charge in [0.25, 0.3) is 0 Å². The number of allylic oxidation sites excluding steroid dienone is 1. The first kappa shape index (κ1) is 15.9. The molecule has 1 aliphatic heterocycles. The number of carbonyl (C=O) groups excluding carboxylic acids is 3. The van der Waals surface area contributed by atoms with Gasteiger partial charge in [-0.25, -0.2) is 0 Å². The van der Waals surface area contributed by atoms with E-state index in [1.54, 1.807) is 19.1 Å². The molecule has 0 bridgehead atoms. The topological polar surface area (TPSA) is 54.5 Å². The summed E-state index contributed by atoms with van der Waals surface area (Å²) in [7, 11) is 0. The lowest BCUT2D eigenvalue weighted by molar-refractivity contribution is -0.137. The van der Waals surface area contributed by atoms with E-state index in [1.165, 1.54) is 11.8 Å². The number of ketones is 2. The number of benzene rings is 2. The number of Topliss-reactive ketones (excluding diaryl/α,β-unsaturated/α-hetero) is 2. The van der Waals surface area contributed by atoms with Gasteiger partial charge in [-0.15, -0.1) is 0 Å². The fourth-order valence-corrected chi connectivity index (χ4v) is 2.99. The third-order valence-electron chi connectivity index (χ3n) is 4.15. The van der Waals surface area contributed by atoms with E-state index in [4.69, 9.17) is 0 Å². The fraction of sp³-hybridized carbons (Fsp3) is 0.150. The molecule has 0 aromatic heterocycles. The first-order valence-corrected chi connectivity index (χ1v) is 7.72. The van der Waals surface area contributed by atoms with Crippen molar-refractivity contribution in [2.75, 3.05) is 4.90 Å². The highest BCUT2D eigenvalue weighted by Crippen LogP contribution is 2.35. The zero-order valence-corrected chi connectivity index (χ0v) is 13.5. The van der Waals surface area contributed by atoms with E-state index >= 15 is 0 Å². The minimum absolute atomic E-state index is 0.418. The maximum Gasteiger partial charge on any atom is 0.250 e. The van der Waals surface area contributed by atoms with Gasteiger partial charge in [-0.1, -0.05) is 48.5 Å². The molecule has 0 fully saturated rings. The third kappa shape index (κ3) is 2.56. The van der Waals surface area contributed by atoms with Crippen molar-refractivity contribution in [2.45, 2.75) is 13.8 Å². The van der Waals surface area contributed by atoms with Crippen LogP contribution in [-0.4, -0.2) is 17.5 Å². The number of para-hydroxylation sites is 1. The summed E-state index contributed by atoms with van der Waals surface area (Å²) in [5.74, 6) is -2.61. The number of hydrogen-bond donors (Lipinski definition) is 0. The molecule has 0 spiro atoms. The van der Waals surface area contributed by atoms with Crippen LogP contribution in [0.2, 0.25) is 0 Å². The van der Waals surface area contributed by atoms with Gasteiger partial charge in [0.2, 0.25) is 5.91 Å². The Labute approximate surface area is 140 Å². The summed E-state index contributed by atoms with van der Waals surface area (Å²) in [6.45, 7) is 2.95. The van der Waals surface area contributed by atoms with Crippen molar-refractivity contribution >= 4 is 28.9 Å². The second-order valence-electron chi connectivity index (χ2n) is 5.76. The molecule has 2 aromatic carbocycles. The summed E-state index contributed by atoms with van der Waals surface area (Å²) in [4.78, 5) is 38.9. The van der Waals surface area contributed by atoms with Gasteiger partial charge in [-0.05, 0) is 31.5 Å². The predicted molar refractivity (Wildman–Crippen MR) is 92.1 cm³/mol. The van der Waals surface area contributed by atoms with Crippen LogP contribution in [0.25, 0.3) is 5.70 Å². The average Bonchev–Trinajstić information content (AvgIpc) is 2.59. The standard InChI is InChI=1S/C20H17NO3/c1-13-18(15-9-5-3-6-10-15)21(16-11-7-4-8-12-16)20(24)17(14(2)22)19(13)23/h3-12,17H,1-2H3. The molecule has 0 saturated heterocycles. The maximum atomic E-state index is 13.0. The molecule has 4 nitrogen and oxygen atoms in total. The van der Waals surface area contributed by atoms with Crippen molar-refractivity contribution in [1.82, 2.24) is 0 Å². The number of nitrogens with zero attached hydrogens (tertiary/aromatic N) is 1. The smallest absolute Gasteiger partial charge is 0.250 e. The van der Waals surface area contributed by atoms with Gasteiger partial charge in [0.05, 0.1) is 5.70 Å². The lowest BCUT2D eigenvalue weighted by Crippen LogP contribution is -2.47. The Bertz CT molecular complexity index is 838. The van der Waals surface area contributed by atoms with E-state index in [9.17, 15) is 14.4 Å². The van der Waals surface area contributed by atoms with Gasteiger partial charge in [0.15, 0.2) is 11.7 Å². The van der Waals surface area contributed by atoms with Crippen LogP contribution in [0.15, 0.2) is 66.2 Å². The molecular formula is C20H17NO3. The minimum Gasteiger partial charge on any atom is -0.299 e. The lowest BCUT2D eigenvalue weighted by Gasteiger charge is -2.34. The molecule has 0 saturated carbocycles. The third-order valence-corrected chi connectivity index (χ3v) is 4.15. The Morgan fingerprint density at radius 2 is 1.46 bits per heavy atom. The van der Waals surface area contributed by atoms with Crippen molar-refractivity contribution in [3.63, 3.8) is 0 Å². The Hall–Kier alpha value is -3.01. The van der Waals surface area contributed by atoms with Gasteiger partial charge in [0, 0.05) is 11.3 Å². The summed E-state index contributed by atoms with van der Waals surface area (Å²) in [5.41, 5.74) is 2.36. The zero-order chi connectivity index (χ0) is 17.3. The zero-order valence-electron chi connectivity index (χ0n) is 13.5. The second-order valence-corrected chi connectivity index (χ2v) is 5.76. The predicted octanol–water partition coefficient (Wildman–Crippen LogP) is 3.24. The van der Waals surface area contributed by atoms with E-state index < -0.39 is 23.4 Å². The van der Waals surface area contributed by atoms with Gasteiger partial charge >= 0.3 is 0 Å². The quantitative estimate of drug-likeness (QED) is 0.816. The van der Waals surface area contributed by atoms with E-state index in [2.05, 4.69) is 0 Å². The molecular weight excluding hydrogens is 302 g/mol. The van der Waals surface area contributed by atoms with Crippen LogP contribution in [0.3, 0.4) is 0 Å². The van der Waals surface area contributed by atoms with Crippen LogP contribution in [0.5, 0.6) is 0 Å². The number of anilines is 1. The highest BCUT2D eigenvalue weighted by atomic mass is 16.2. The van der Waals surface area contributed by atoms with Gasteiger partial charge in [-0.2, -0.15) is 0 Å². The summed E-state index contributed by atoms with van der Waals surface area (Å²) in [5, 5.41) is 0. The summed E-state index contributed by atoms with van der Waals surface area (Å²) < 4.78 is 0. The Morgan fingerprint density at radius 3 is 2.00 bits per heavy atom. The number of carbonyl (C=O) groups is 3. The molecule has 1 unspecified atom stereocenters. The molecule has 2 aromatic rings. The summed E-state index contributed by atoms with van der Waals surface area (Å²) in [6.07, 6.45) is 0. The van der Waals surface area contributed by atoms with Crippen LogP contribution >= 0.6 is 0 Å². The van der Waals surface area contributed by atoms with Gasteiger partial charge < -0.3 is 0 Å². The molecule has 1 atom stereocenters. The molecule has 0 radical (unpaired) electrons. The Morgan fingerprint density at radius 1 is 0.917 bits per heavy atom. The fourth-order valence-electron chi connectivity index (χ4n) is 2.99. The van der Waals surface area contributed by atoms with Crippen molar-refractivity contribution in [1.29, 1.82) is 0 Å². The van der Waals surface area contributed by atoms with Crippen molar-refractivity contribution < 1.29 is 14.4 Å². The molecule has 1 aliphatic rings. The number of rotatable bonds is 3. The normalized spacial score (nSPS) is 18.1. The van der Waals surface area contributed by atoms with Gasteiger partial charge in [-0.3, -0.25) is 19.3 Å². The molecule has 1 heterocycles. The van der Waals surface area contributed by atoms with Crippen molar-refractivity contribution in [3.05, 3.63) is 71.8 Å².